The van der Waals surface area contributed by atoms with Gasteiger partial charge in [0.2, 0.25) is 0 Å². The van der Waals surface area contributed by atoms with Crippen LogP contribution in [0.2, 0.25) is 0 Å². The highest BCUT2D eigenvalue weighted by atomic mass is 16.6. The minimum atomic E-state index is -0.537. The Morgan fingerprint density at radius 3 is 2.39 bits per heavy atom. The number of ether oxygens (including phenoxy) is 2. The van der Waals surface area contributed by atoms with Crippen LogP contribution < -0.4 is 0 Å². The minimum absolute atomic E-state index is 0.0398. The third kappa shape index (κ3) is 5.09. The molecule has 0 aliphatic heterocycles. The summed E-state index contributed by atoms with van der Waals surface area (Å²) in [6.45, 7) is 13.9. The summed E-state index contributed by atoms with van der Waals surface area (Å²) < 4.78 is 13.1. The summed E-state index contributed by atoms with van der Waals surface area (Å²) in [7, 11) is 0. The lowest BCUT2D eigenvalue weighted by Crippen LogP contribution is -2.22. The molecule has 5 heteroatoms. The van der Waals surface area contributed by atoms with Crippen molar-refractivity contribution < 1.29 is 19.1 Å². The summed E-state index contributed by atoms with van der Waals surface area (Å²) >= 11 is 0. The second kappa shape index (κ2) is 8.37. The van der Waals surface area contributed by atoms with E-state index in [-0.39, 0.29) is 29.8 Å². The smallest absolute Gasteiger partial charge is 0.330 e. The van der Waals surface area contributed by atoms with Crippen LogP contribution in [0, 0.1) is 31.1 Å². The van der Waals surface area contributed by atoms with Gasteiger partial charge >= 0.3 is 11.9 Å². The zero-order valence-electron chi connectivity index (χ0n) is 19.6. The Morgan fingerprint density at radius 1 is 1.13 bits per heavy atom. The SMILES string of the molecule is Cc1ccc(COC(=O)[C@@H]2[C@H](C=CC(=O)OC(C)(C)C)C2(C)C)c(C)c1-n1cccc1. The van der Waals surface area contributed by atoms with Gasteiger partial charge in [-0.25, -0.2) is 4.79 Å². The number of nitrogens with zero attached hydrogens (tertiary/aromatic N) is 1. The van der Waals surface area contributed by atoms with E-state index in [1.807, 2.05) is 65.2 Å². The van der Waals surface area contributed by atoms with E-state index in [1.165, 1.54) is 11.6 Å². The molecule has 0 radical (unpaired) electrons. The molecule has 0 N–H and O–H groups in total. The van der Waals surface area contributed by atoms with Crippen molar-refractivity contribution in [2.45, 2.75) is 60.7 Å². The third-order valence-corrected chi connectivity index (χ3v) is 5.99. The molecule has 166 valence electrons. The highest BCUT2D eigenvalue weighted by molar-refractivity contribution is 5.83. The predicted octanol–water partition coefficient (Wildman–Crippen LogP) is 5.31. The van der Waals surface area contributed by atoms with Gasteiger partial charge in [0.25, 0.3) is 0 Å². The molecule has 5 nitrogen and oxygen atoms in total. The van der Waals surface area contributed by atoms with Crippen LogP contribution in [0.3, 0.4) is 0 Å². The molecule has 0 unspecified atom stereocenters. The van der Waals surface area contributed by atoms with E-state index in [0.29, 0.717) is 0 Å². The molecule has 0 saturated heterocycles. The van der Waals surface area contributed by atoms with Crippen molar-refractivity contribution in [2.75, 3.05) is 0 Å². The van der Waals surface area contributed by atoms with Gasteiger partial charge in [0.15, 0.2) is 0 Å². The van der Waals surface area contributed by atoms with Crippen LogP contribution in [-0.2, 0) is 25.7 Å². The summed E-state index contributed by atoms with van der Waals surface area (Å²) in [5.41, 5.74) is 3.59. The van der Waals surface area contributed by atoms with Gasteiger partial charge in [-0.05, 0) is 74.8 Å². The standard InChI is InChI=1S/C26H33NO4/c1-17-10-11-19(18(2)23(17)27-14-8-9-15-27)16-30-24(29)22-20(26(22,6)7)12-13-21(28)31-25(3,4)5/h8-15,20,22H,16H2,1-7H3/t20-,22-/m0/s1. The highest BCUT2D eigenvalue weighted by Crippen LogP contribution is 2.59. The maximum absolute atomic E-state index is 12.8. The molecule has 2 atom stereocenters. The summed E-state index contributed by atoms with van der Waals surface area (Å²) in [6, 6.07) is 8.05. The second-order valence-corrected chi connectivity index (χ2v) is 9.93. The topological polar surface area (TPSA) is 57.5 Å². The number of carbonyl (C=O) groups excluding carboxylic acids is 2. The maximum Gasteiger partial charge on any atom is 0.330 e. The van der Waals surface area contributed by atoms with E-state index >= 15 is 0 Å². The van der Waals surface area contributed by atoms with Crippen LogP contribution in [0.1, 0.15) is 51.3 Å². The molecule has 2 aromatic rings. The average Bonchev–Trinajstić information content (AvgIpc) is 2.97. The lowest BCUT2D eigenvalue weighted by Gasteiger charge is -2.17. The number of hydrogen-bond donors (Lipinski definition) is 0. The van der Waals surface area contributed by atoms with Crippen LogP contribution >= 0.6 is 0 Å². The number of hydrogen-bond acceptors (Lipinski definition) is 4. The Labute approximate surface area is 185 Å². The van der Waals surface area contributed by atoms with Crippen LogP contribution in [0.5, 0.6) is 0 Å². The van der Waals surface area contributed by atoms with Crippen molar-refractivity contribution in [1.29, 1.82) is 0 Å². The van der Waals surface area contributed by atoms with Crippen LogP contribution in [0.4, 0.5) is 0 Å². The molecule has 1 saturated carbocycles. The minimum Gasteiger partial charge on any atom is -0.461 e. The number of aryl methyl sites for hydroxylation is 1. The number of benzene rings is 1. The molecule has 1 fully saturated rings. The van der Waals surface area contributed by atoms with Crippen LogP contribution in [-0.4, -0.2) is 22.1 Å². The second-order valence-electron chi connectivity index (χ2n) is 9.93. The number of carbonyl (C=O) groups is 2. The van der Waals surface area contributed by atoms with Gasteiger partial charge < -0.3 is 14.0 Å². The molecule has 3 rings (SSSR count). The summed E-state index contributed by atoms with van der Waals surface area (Å²) in [6.07, 6.45) is 7.23. The Morgan fingerprint density at radius 2 is 1.77 bits per heavy atom. The van der Waals surface area contributed by atoms with Crippen molar-refractivity contribution >= 4 is 11.9 Å². The van der Waals surface area contributed by atoms with Gasteiger partial charge in [-0.2, -0.15) is 0 Å². The fourth-order valence-electron chi connectivity index (χ4n) is 4.16. The van der Waals surface area contributed by atoms with Crippen LogP contribution in [0.25, 0.3) is 5.69 Å². The van der Waals surface area contributed by atoms with Crippen LogP contribution in [0.15, 0.2) is 48.8 Å². The van der Waals surface area contributed by atoms with Gasteiger partial charge in [-0.3, -0.25) is 4.79 Å². The molecule has 1 heterocycles. The zero-order chi connectivity index (χ0) is 23.0. The fourth-order valence-corrected chi connectivity index (χ4v) is 4.16. The Hall–Kier alpha value is -2.82. The molecule has 0 spiro atoms. The van der Waals surface area contributed by atoms with Crippen molar-refractivity contribution in [1.82, 2.24) is 4.57 Å². The van der Waals surface area contributed by atoms with Crippen molar-refractivity contribution in [2.24, 2.45) is 17.3 Å². The Kier molecular flexibility index (Phi) is 6.17. The number of aromatic nitrogens is 1. The molecule has 1 aliphatic carbocycles. The quantitative estimate of drug-likeness (QED) is 0.467. The van der Waals surface area contributed by atoms with E-state index in [4.69, 9.17) is 9.47 Å². The van der Waals surface area contributed by atoms with E-state index in [0.717, 1.165) is 16.8 Å². The number of allylic oxidation sites excluding steroid dienone is 1. The fraction of sp³-hybridized carbons (Fsp3) is 0.462. The maximum atomic E-state index is 12.8. The largest absolute Gasteiger partial charge is 0.461 e. The van der Waals surface area contributed by atoms with Gasteiger partial charge in [-0.1, -0.05) is 32.1 Å². The van der Waals surface area contributed by atoms with Crippen molar-refractivity contribution in [3.8, 4) is 5.69 Å². The van der Waals surface area contributed by atoms with Gasteiger partial charge in [0.05, 0.1) is 11.6 Å². The lowest BCUT2D eigenvalue weighted by molar-refractivity contribution is -0.149. The third-order valence-electron chi connectivity index (χ3n) is 5.99. The van der Waals surface area contributed by atoms with E-state index in [1.54, 1.807) is 6.08 Å². The molecule has 0 bridgehead atoms. The Bertz CT molecular complexity index is 993. The van der Waals surface area contributed by atoms with Crippen molar-refractivity contribution in [3.05, 3.63) is 65.5 Å². The first-order valence-electron chi connectivity index (χ1n) is 10.7. The number of esters is 2. The van der Waals surface area contributed by atoms with Gasteiger partial charge in [0.1, 0.15) is 12.2 Å². The first-order chi connectivity index (χ1) is 14.4. The molecule has 1 aromatic carbocycles. The first-order valence-corrected chi connectivity index (χ1v) is 10.7. The van der Waals surface area contributed by atoms with Gasteiger partial charge in [-0.15, -0.1) is 0 Å². The zero-order valence-corrected chi connectivity index (χ0v) is 19.6. The monoisotopic (exact) mass is 423 g/mol. The lowest BCUT2D eigenvalue weighted by atomic mass is 10.0. The van der Waals surface area contributed by atoms with E-state index < -0.39 is 11.6 Å². The summed E-state index contributed by atoms with van der Waals surface area (Å²) in [4.78, 5) is 24.7. The average molecular weight is 424 g/mol. The predicted molar refractivity (Wildman–Crippen MR) is 121 cm³/mol. The van der Waals surface area contributed by atoms with E-state index in [9.17, 15) is 9.59 Å². The van der Waals surface area contributed by atoms with Gasteiger partial charge in [0, 0.05) is 18.5 Å². The van der Waals surface area contributed by atoms with E-state index in [2.05, 4.69) is 24.5 Å². The Balaban J connectivity index is 1.65. The molecule has 31 heavy (non-hydrogen) atoms. The molecule has 1 aromatic heterocycles. The molecular formula is C26H33NO4. The van der Waals surface area contributed by atoms with Crippen molar-refractivity contribution in [3.63, 3.8) is 0 Å². The molecule has 1 aliphatic rings. The summed E-state index contributed by atoms with van der Waals surface area (Å²) in [5.74, 6) is -0.926. The molecule has 0 amide bonds. The first kappa shape index (κ1) is 22.9. The number of rotatable bonds is 6. The molecular weight excluding hydrogens is 390 g/mol. The highest BCUT2D eigenvalue weighted by Gasteiger charge is 2.61. The normalized spacial score (nSPS) is 20.0. The summed E-state index contributed by atoms with van der Waals surface area (Å²) in [5, 5.41) is 0.